The quantitative estimate of drug-likeness (QED) is 0.659. The topological polar surface area (TPSA) is 12.0 Å². The molecule has 0 saturated carbocycles. The van der Waals surface area contributed by atoms with Crippen molar-refractivity contribution in [1.29, 1.82) is 0 Å². The van der Waals surface area contributed by atoms with Gasteiger partial charge in [0.25, 0.3) is 0 Å². The van der Waals surface area contributed by atoms with Gasteiger partial charge in [0.2, 0.25) is 0 Å². The van der Waals surface area contributed by atoms with Gasteiger partial charge in [-0.1, -0.05) is 78.9 Å². The Morgan fingerprint density at radius 3 is 2.23 bits per heavy atom. The highest BCUT2D eigenvalue weighted by Crippen LogP contribution is 2.36. The maximum Gasteiger partial charge on any atom is 0.0177 e. The smallest absolute Gasteiger partial charge is 0.0177 e. The van der Waals surface area contributed by atoms with Gasteiger partial charge in [-0.3, -0.25) is 0 Å². The molecule has 0 aliphatic heterocycles. The number of likely N-dealkylation sites (N-methyl/N-ethyl adjacent to an activating group) is 1. The summed E-state index contributed by atoms with van der Waals surface area (Å²) in [5.74, 6) is 0.554. The van der Waals surface area contributed by atoms with Crippen LogP contribution in [0.15, 0.2) is 78.9 Å². The lowest BCUT2D eigenvalue weighted by Gasteiger charge is -2.22. The molecule has 1 aliphatic rings. The van der Waals surface area contributed by atoms with E-state index in [2.05, 4.69) is 91.2 Å². The molecule has 134 valence electrons. The van der Waals surface area contributed by atoms with E-state index in [0.717, 1.165) is 19.3 Å². The molecule has 1 N–H and O–H groups in total. The number of halogens is 1. The van der Waals surface area contributed by atoms with E-state index in [1.165, 1.54) is 27.8 Å². The van der Waals surface area contributed by atoms with Crippen molar-refractivity contribution < 1.29 is 0 Å². The number of hydrogen-bond donors (Lipinski definition) is 1. The van der Waals surface area contributed by atoms with E-state index in [4.69, 9.17) is 0 Å². The Morgan fingerprint density at radius 2 is 1.46 bits per heavy atom. The summed E-state index contributed by atoms with van der Waals surface area (Å²) in [6, 6.07) is 29.2. The summed E-state index contributed by atoms with van der Waals surface area (Å²) in [6.07, 6.45) is 3.25. The van der Waals surface area contributed by atoms with E-state index >= 15 is 0 Å². The molecular formula is C24H26ClN. The minimum atomic E-state index is 0. The minimum Gasteiger partial charge on any atom is -0.316 e. The molecule has 0 amide bonds. The molecule has 0 fully saturated rings. The maximum atomic E-state index is 3.55. The first-order valence-electron chi connectivity index (χ1n) is 9.21. The fourth-order valence-electron chi connectivity index (χ4n) is 4.21. The Kier molecular flexibility index (Phi) is 6.13. The van der Waals surface area contributed by atoms with Gasteiger partial charge in [0, 0.05) is 12.0 Å². The van der Waals surface area contributed by atoms with E-state index in [1.54, 1.807) is 0 Å². The normalized spacial score (nSPS) is 18.2. The fourth-order valence-corrected chi connectivity index (χ4v) is 4.21. The Balaban J connectivity index is 0.00000196. The van der Waals surface area contributed by atoms with E-state index < -0.39 is 0 Å². The lowest BCUT2D eigenvalue weighted by molar-refractivity contribution is 0.491. The van der Waals surface area contributed by atoms with Gasteiger partial charge in [-0.25, -0.2) is 0 Å². The van der Waals surface area contributed by atoms with Crippen LogP contribution < -0.4 is 5.32 Å². The standard InChI is InChI=1S/C24H25N.ClH/c1-25-24-17-21-13-7-8-14-22(21)23(24)16-20-12-6-5-11-19(20)15-18-9-3-2-4-10-18;/h2-14,23-25H,15-17H2,1H3;1H. The molecule has 0 radical (unpaired) electrons. The van der Waals surface area contributed by atoms with Crippen LogP contribution in [0.5, 0.6) is 0 Å². The highest BCUT2D eigenvalue weighted by atomic mass is 35.5. The van der Waals surface area contributed by atoms with Crippen LogP contribution in [0, 0.1) is 0 Å². The summed E-state index contributed by atoms with van der Waals surface area (Å²) in [7, 11) is 2.10. The molecule has 3 aromatic carbocycles. The summed E-state index contributed by atoms with van der Waals surface area (Å²) >= 11 is 0. The second-order valence-electron chi connectivity index (χ2n) is 7.04. The lowest BCUT2D eigenvalue weighted by Crippen LogP contribution is -2.30. The maximum absolute atomic E-state index is 3.55. The number of hydrogen-bond acceptors (Lipinski definition) is 1. The average Bonchev–Trinajstić information content (AvgIpc) is 3.02. The van der Waals surface area contributed by atoms with Gasteiger partial charge in [-0.2, -0.15) is 0 Å². The van der Waals surface area contributed by atoms with Crippen LogP contribution in [-0.2, 0) is 19.3 Å². The van der Waals surface area contributed by atoms with Crippen molar-refractivity contribution in [3.8, 4) is 0 Å². The van der Waals surface area contributed by atoms with Crippen molar-refractivity contribution in [2.24, 2.45) is 0 Å². The van der Waals surface area contributed by atoms with E-state index in [1.807, 2.05) is 0 Å². The van der Waals surface area contributed by atoms with Gasteiger partial charge in [-0.15, -0.1) is 12.4 Å². The summed E-state index contributed by atoms with van der Waals surface area (Å²) in [5.41, 5.74) is 7.34. The zero-order valence-electron chi connectivity index (χ0n) is 15.2. The molecule has 0 aromatic heterocycles. The van der Waals surface area contributed by atoms with Crippen LogP contribution in [-0.4, -0.2) is 13.1 Å². The fraction of sp³-hybridized carbons (Fsp3) is 0.250. The summed E-state index contributed by atoms with van der Waals surface area (Å²) in [5, 5.41) is 3.55. The van der Waals surface area contributed by atoms with Crippen LogP contribution in [0.25, 0.3) is 0 Å². The highest BCUT2D eigenvalue weighted by Gasteiger charge is 2.31. The third-order valence-corrected chi connectivity index (χ3v) is 5.55. The minimum absolute atomic E-state index is 0. The van der Waals surface area contributed by atoms with Gasteiger partial charge in [0.05, 0.1) is 0 Å². The van der Waals surface area contributed by atoms with Crippen LogP contribution in [0.3, 0.4) is 0 Å². The van der Waals surface area contributed by atoms with Crippen LogP contribution >= 0.6 is 12.4 Å². The van der Waals surface area contributed by atoms with Crippen LogP contribution in [0.4, 0.5) is 0 Å². The van der Waals surface area contributed by atoms with E-state index in [9.17, 15) is 0 Å². The predicted molar refractivity (Wildman–Crippen MR) is 112 cm³/mol. The van der Waals surface area contributed by atoms with Gasteiger partial charge in [0.1, 0.15) is 0 Å². The average molecular weight is 364 g/mol. The Morgan fingerprint density at radius 1 is 0.808 bits per heavy atom. The molecule has 2 atom stereocenters. The first kappa shape index (κ1) is 18.7. The molecular weight excluding hydrogens is 338 g/mol. The molecule has 0 spiro atoms. The van der Waals surface area contributed by atoms with Gasteiger partial charge >= 0.3 is 0 Å². The Labute approximate surface area is 162 Å². The summed E-state index contributed by atoms with van der Waals surface area (Å²) < 4.78 is 0. The first-order chi connectivity index (χ1) is 12.3. The Bertz CT molecular complexity index is 844. The molecule has 0 saturated heterocycles. The zero-order chi connectivity index (χ0) is 17.1. The number of nitrogens with one attached hydrogen (secondary N) is 1. The lowest BCUT2D eigenvalue weighted by atomic mass is 9.87. The molecule has 0 bridgehead atoms. The molecule has 3 aromatic rings. The second-order valence-corrected chi connectivity index (χ2v) is 7.04. The van der Waals surface area contributed by atoms with E-state index in [0.29, 0.717) is 12.0 Å². The third kappa shape index (κ3) is 3.85. The largest absolute Gasteiger partial charge is 0.316 e. The summed E-state index contributed by atoms with van der Waals surface area (Å²) in [6.45, 7) is 0. The van der Waals surface area contributed by atoms with Gasteiger partial charge in [-0.05, 0) is 54.1 Å². The molecule has 2 unspecified atom stereocenters. The molecule has 26 heavy (non-hydrogen) atoms. The molecule has 1 aliphatic carbocycles. The zero-order valence-corrected chi connectivity index (χ0v) is 16.0. The van der Waals surface area contributed by atoms with E-state index in [-0.39, 0.29) is 12.4 Å². The van der Waals surface area contributed by atoms with Crippen LogP contribution in [0.2, 0.25) is 0 Å². The molecule has 2 heteroatoms. The predicted octanol–water partition coefficient (Wildman–Crippen LogP) is 5.17. The van der Waals surface area contributed by atoms with Crippen molar-refractivity contribution >= 4 is 12.4 Å². The second kappa shape index (κ2) is 8.53. The number of benzene rings is 3. The molecule has 1 nitrogen and oxygen atoms in total. The van der Waals surface area contributed by atoms with Crippen molar-refractivity contribution in [3.05, 3.63) is 107 Å². The molecule has 0 heterocycles. The summed E-state index contributed by atoms with van der Waals surface area (Å²) in [4.78, 5) is 0. The van der Waals surface area contributed by atoms with Gasteiger partial charge < -0.3 is 5.32 Å². The van der Waals surface area contributed by atoms with Crippen LogP contribution in [0.1, 0.15) is 33.7 Å². The van der Waals surface area contributed by atoms with Gasteiger partial charge in [0.15, 0.2) is 0 Å². The van der Waals surface area contributed by atoms with Crippen molar-refractivity contribution in [2.75, 3.05) is 7.05 Å². The number of rotatable bonds is 5. The van der Waals surface area contributed by atoms with Crippen molar-refractivity contribution in [1.82, 2.24) is 5.32 Å². The van der Waals surface area contributed by atoms with Crippen molar-refractivity contribution in [2.45, 2.75) is 31.2 Å². The SMILES string of the molecule is CNC1Cc2ccccc2C1Cc1ccccc1Cc1ccccc1.Cl. The highest BCUT2D eigenvalue weighted by molar-refractivity contribution is 5.85. The monoisotopic (exact) mass is 363 g/mol. The third-order valence-electron chi connectivity index (χ3n) is 5.55. The molecule has 4 rings (SSSR count). The first-order valence-corrected chi connectivity index (χ1v) is 9.21. The Hall–Kier alpha value is -2.09. The van der Waals surface area contributed by atoms with Crippen molar-refractivity contribution in [3.63, 3.8) is 0 Å². The number of fused-ring (bicyclic) bond motifs is 1.